The van der Waals surface area contributed by atoms with Gasteiger partial charge in [0.25, 0.3) is 0 Å². The number of amides is 1. The molecule has 0 saturated heterocycles. The molecule has 0 saturated carbocycles. The van der Waals surface area contributed by atoms with Crippen molar-refractivity contribution in [3.8, 4) is 0 Å². The molecule has 0 fully saturated rings. The molecule has 1 unspecified atom stereocenters. The van der Waals surface area contributed by atoms with Crippen LogP contribution in [0.1, 0.15) is 22.4 Å². The molecule has 2 N–H and O–H groups in total. The average molecular weight is 354 g/mol. The molecule has 2 aromatic rings. The molecule has 2 heterocycles. The van der Waals surface area contributed by atoms with Crippen LogP contribution in [0.5, 0.6) is 0 Å². The van der Waals surface area contributed by atoms with E-state index in [0.717, 1.165) is 24.2 Å². The van der Waals surface area contributed by atoms with Crippen molar-refractivity contribution in [3.05, 3.63) is 65.0 Å². The van der Waals surface area contributed by atoms with E-state index in [0.29, 0.717) is 6.54 Å². The molecule has 6 heteroatoms. The van der Waals surface area contributed by atoms with Gasteiger partial charge in [-0.25, -0.2) is 0 Å². The second-order valence-corrected chi connectivity index (χ2v) is 5.43. The van der Waals surface area contributed by atoms with Crippen molar-refractivity contribution in [2.24, 2.45) is 0 Å². The molecule has 124 valence electrons. The highest BCUT2D eigenvalue weighted by atomic mass is 35.5. The average Bonchev–Trinajstić information content (AvgIpc) is 2.53. The number of nitrogens with one attached hydrogen (secondary N) is 2. The van der Waals surface area contributed by atoms with E-state index in [1.54, 1.807) is 6.20 Å². The fourth-order valence-corrected chi connectivity index (χ4v) is 2.56. The second kappa shape index (κ2) is 8.87. The second-order valence-electron chi connectivity index (χ2n) is 5.43. The number of aryl methyl sites for hydroxylation is 1. The normalized spacial score (nSPS) is 15.6. The predicted molar refractivity (Wildman–Crippen MR) is 96.1 cm³/mol. The van der Waals surface area contributed by atoms with E-state index in [-0.39, 0.29) is 36.8 Å². The summed E-state index contributed by atoms with van der Waals surface area (Å²) in [6.45, 7) is 3.22. The van der Waals surface area contributed by atoms with Gasteiger partial charge in [0.15, 0.2) is 0 Å². The molecule has 23 heavy (non-hydrogen) atoms. The Kier molecular flexibility index (Phi) is 7.49. The summed E-state index contributed by atoms with van der Waals surface area (Å²) >= 11 is 0. The van der Waals surface area contributed by atoms with Gasteiger partial charge in [-0.2, -0.15) is 0 Å². The molecule has 1 amide bonds. The van der Waals surface area contributed by atoms with Gasteiger partial charge in [0.2, 0.25) is 5.91 Å². The maximum absolute atomic E-state index is 12.3. The van der Waals surface area contributed by atoms with Gasteiger partial charge >= 0.3 is 0 Å². The van der Waals surface area contributed by atoms with Gasteiger partial charge in [-0.3, -0.25) is 9.78 Å². The molecule has 1 atom stereocenters. The van der Waals surface area contributed by atoms with Crippen molar-refractivity contribution in [2.45, 2.75) is 32.5 Å². The van der Waals surface area contributed by atoms with Gasteiger partial charge in [-0.15, -0.1) is 24.8 Å². The number of hydrogen-bond donors (Lipinski definition) is 2. The lowest BCUT2D eigenvalue weighted by atomic mass is 9.95. The van der Waals surface area contributed by atoms with Crippen molar-refractivity contribution in [1.82, 2.24) is 15.6 Å². The van der Waals surface area contributed by atoms with Gasteiger partial charge in [-0.05, 0) is 36.1 Å². The Hall–Kier alpha value is -1.62. The van der Waals surface area contributed by atoms with Crippen molar-refractivity contribution in [2.75, 3.05) is 0 Å². The zero-order chi connectivity index (χ0) is 14.7. The number of fused-ring (bicyclic) bond motifs is 1. The van der Waals surface area contributed by atoms with Crippen LogP contribution in [0.15, 0.2) is 42.6 Å². The molecular formula is C17H21Cl2N3O. The zero-order valence-corrected chi connectivity index (χ0v) is 14.5. The maximum atomic E-state index is 12.3. The molecule has 1 aromatic carbocycles. The van der Waals surface area contributed by atoms with Crippen molar-refractivity contribution in [1.29, 1.82) is 0 Å². The Bertz CT molecular complexity index is 647. The number of aromatic nitrogens is 1. The third kappa shape index (κ3) is 4.93. The van der Waals surface area contributed by atoms with Gasteiger partial charge < -0.3 is 10.6 Å². The number of rotatable bonds is 3. The standard InChI is InChI=1S/C17H19N3O.2ClH/c1-12-6-7-13(9-18-12)10-20-17(21)16-8-14-4-2-3-5-15(14)11-19-16;;/h2-7,9,16,19H,8,10-11H2,1H3,(H,20,21);2*1H. The van der Waals surface area contributed by atoms with E-state index in [2.05, 4.69) is 27.8 Å². The van der Waals surface area contributed by atoms with Gasteiger partial charge in [0, 0.05) is 25.0 Å². The third-order valence-corrected chi connectivity index (χ3v) is 3.84. The lowest BCUT2D eigenvalue weighted by Crippen LogP contribution is -2.47. The Morgan fingerprint density at radius 2 is 1.96 bits per heavy atom. The van der Waals surface area contributed by atoms with Crippen LogP contribution in [0.4, 0.5) is 0 Å². The van der Waals surface area contributed by atoms with Crippen LogP contribution in [0, 0.1) is 6.92 Å². The quantitative estimate of drug-likeness (QED) is 0.891. The topological polar surface area (TPSA) is 54.0 Å². The highest BCUT2D eigenvalue weighted by molar-refractivity contribution is 5.85. The van der Waals surface area contributed by atoms with Gasteiger partial charge in [-0.1, -0.05) is 30.3 Å². The Morgan fingerprint density at radius 3 is 2.65 bits per heavy atom. The summed E-state index contributed by atoms with van der Waals surface area (Å²) in [4.78, 5) is 16.5. The molecule has 4 nitrogen and oxygen atoms in total. The largest absolute Gasteiger partial charge is 0.351 e. The van der Waals surface area contributed by atoms with Crippen molar-refractivity contribution in [3.63, 3.8) is 0 Å². The fourth-order valence-electron chi connectivity index (χ4n) is 2.56. The van der Waals surface area contributed by atoms with Crippen LogP contribution in [0.2, 0.25) is 0 Å². The lowest BCUT2D eigenvalue weighted by Gasteiger charge is -2.25. The number of benzene rings is 1. The van der Waals surface area contributed by atoms with E-state index in [9.17, 15) is 4.79 Å². The first kappa shape index (κ1) is 19.4. The first-order chi connectivity index (χ1) is 10.2. The maximum Gasteiger partial charge on any atom is 0.237 e. The van der Waals surface area contributed by atoms with E-state index in [1.807, 2.05) is 31.2 Å². The van der Waals surface area contributed by atoms with Crippen molar-refractivity contribution < 1.29 is 4.79 Å². The molecular weight excluding hydrogens is 333 g/mol. The van der Waals surface area contributed by atoms with E-state index in [4.69, 9.17) is 0 Å². The number of carbonyl (C=O) groups excluding carboxylic acids is 1. The first-order valence-corrected chi connectivity index (χ1v) is 7.22. The summed E-state index contributed by atoms with van der Waals surface area (Å²) < 4.78 is 0. The van der Waals surface area contributed by atoms with Crippen LogP contribution < -0.4 is 10.6 Å². The molecule has 0 spiro atoms. The van der Waals surface area contributed by atoms with Crippen LogP contribution >= 0.6 is 24.8 Å². The molecule has 0 radical (unpaired) electrons. The Balaban J connectivity index is 0.00000132. The highest BCUT2D eigenvalue weighted by Gasteiger charge is 2.23. The number of carbonyl (C=O) groups is 1. The fraction of sp³-hybridized carbons (Fsp3) is 0.294. The zero-order valence-electron chi connectivity index (χ0n) is 12.9. The van der Waals surface area contributed by atoms with Crippen LogP contribution in [-0.2, 0) is 24.3 Å². The van der Waals surface area contributed by atoms with E-state index >= 15 is 0 Å². The van der Waals surface area contributed by atoms with Crippen LogP contribution in [-0.4, -0.2) is 16.9 Å². The minimum atomic E-state index is -0.154. The van der Waals surface area contributed by atoms with Crippen LogP contribution in [0.25, 0.3) is 0 Å². The molecule has 1 aliphatic rings. The monoisotopic (exact) mass is 353 g/mol. The van der Waals surface area contributed by atoms with E-state index < -0.39 is 0 Å². The highest BCUT2D eigenvalue weighted by Crippen LogP contribution is 2.16. The molecule has 1 aromatic heterocycles. The third-order valence-electron chi connectivity index (χ3n) is 3.84. The van der Waals surface area contributed by atoms with Crippen molar-refractivity contribution >= 4 is 30.7 Å². The van der Waals surface area contributed by atoms with Gasteiger partial charge in [0.05, 0.1) is 6.04 Å². The minimum absolute atomic E-state index is 0. The number of nitrogens with zero attached hydrogens (tertiary/aromatic N) is 1. The summed E-state index contributed by atoms with van der Waals surface area (Å²) in [5.74, 6) is 0.0464. The summed E-state index contributed by atoms with van der Waals surface area (Å²) in [6.07, 6.45) is 2.55. The summed E-state index contributed by atoms with van der Waals surface area (Å²) in [5.41, 5.74) is 4.54. The number of pyridine rings is 1. The van der Waals surface area contributed by atoms with E-state index in [1.165, 1.54) is 11.1 Å². The number of hydrogen-bond acceptors (Lipinski definition) is 3. The smallest absolute Gasteiger partial charge is 0.237 e. The Labute approximate surface area is 148 Å². The number of halogens is 2. The minimum Gasteiger partial charge on any atom is -0.351 e. The van der Waals surface area contributed by atoms with Gasteiger partial charge in [0.1, 0.15) is 0 Å². The Morgan fingerprint density at radius 1 is 1.22 bits per heavy atom. The first-order valence-electron chi connectivity index (χ1n) is 7.22. The summed E-state index contributed by atoms with van der Waals surface area (Å²) in [6, 6.07) is 12.1. The van der Waals surface area contributed by atoms with Crippen LogP contribution in [0.3, 0.4) is 0 Å². The molecule has 3 rings (SSSR count). The summed E-state index contributed by atoms with van der Waals surface area (Å²) in [5, 5.41) is 6.27. The SMILES string of the molecule is Cc1ccc(CNC(=O)C2Cc3ccccc3CN2)cn1.Cl.Cl. The molecule has 0 bridgehead atoms. The predicted octanol–water partition coefficient (Wildman–Crippen LogP) is 2.56. The summed E-state index contributed by atoms with van der Waals surface area (Å²) in [7, 11) is 0. The molecule has 1 aliphatic heterocycles. The lowest BCUT2D eigenvalue weighted by molar-refractivity contribution is -0.123. The molecule has 0 aliphatic carbocycles.